The number of hydrogen-bond donors (Lipinski definition) is 2. The molecule has 2 aliphatic heterocycles. The molecular formula is C14H23N5. The molecule has 5 heteroatoms. The number of piperidine rings is 2. The van der Waals surface area contributed by atoms with Crippen molar-refractivity contribution in [3.05, 3.63) is 12.4 Å². The van der Waals surface area contributed by atoms with Crippen LogP contribution in [0.15, 0.2) is 12.4 Å². The van der Waals surface area contributed by atoms with Crippen molar-refractivity contribution in [2.45, 2.75) is 38.1 Å². The lowest BCUT2D eigenvalue weighted by Crippen LogP contribution is -2.38. The first kappa shape index (κ1) is 12.7. The van der Waals surface area contributed by atoms with Crippen LogP contribution in [0, 0.1) is 0 Å². The smallest absolute Gasteiger partial charge is 0.134 e. The van der Waals surface area contributed by atoms with E-state index >= 15 is 0 Å². The van der Waals surface area contributed by atoms with Crippen molar-refractivity contribution in [2.75, 3.05) is 36.4 Å². The van der Waals surface area contributed by atoms with E-state index in [4.69, 9.17) is 0 Å². The van der Waals surface area contributed by atoms with Crippen molar-refractivity contribution in [1.82, 2.24) is 15.3 Å². The maximum Gasteiger partial charge on any atom is 0.134 e. The van der Waals surface area contributed by atoms with E-state index in [2.05, 4.69) is 31.6 Å². The van der Waals surface area contributed by atoms with Crippen molar-refractivity contribution < 1.29 is 0 Å². The molecule has 2 fully saturated rings. The van der Waals surface area contributed by atoms with Crippen LogP contribution in [0.3, 0.4) is 0 Å². The zero-order chi connectivity index (χ0) is 12.9. The molecule has 0 spiro atoms. The molecule has 1 unspecified atom stereocenters. The summed E-state index contributed by atoms with van der Waals surface area (Å²) in [7, 11) is 0. The number of nitrogens with zero attached hydrogens (tertiary/aromatic N) is 3. The molecule has 2 N–H and O–H groups in total. The van der Waals surface area contributed by atoms with E-state index in [1.165, 1.54) is 32.1 Å². The van der Waals surface area contributed by atoms with Crippen LogP contribution in [0.5, 0.6) is 0 Å². The van der Waals surface area contributed by atoms with Crippen LogP contribution in [0.4, 0.5) is 11.6 Å². The van der Waals surface area contributed by atoms with Gasteiger partial charge in [0.25, 0.3) is 0 Å². The fourth-order valence-electron chi connectivity index (χ4n) is 2.91. The van der Waals surface area contributed by atoms with E-state index in [1.807, 2.05) is 0 Å². The van der Waals surface area contributed by atoms with Crippen molar-refractivity contribution in [1.29, 1.82) is 0 Å². The summed E-state index contributed by atoms with van der Waals surface area (Å²) in [6, 6.07) is 2.60. The first-order chi connectivity index (χ1) is 9.42. The minimum atomic E-state index is 0.498. The summed E-state index contributed by atoms with van der Waals surface area (Å²) in [5.41, 5.74) is 0. The standard InChI is InChI=1S/C14H23N5/c1-2-7-19(8-3-1)14-9-13(16-11-17-14)18-12-5-4-6-15-10-12/h9,11-12,15H,1-8,10H2,(H,16,17,18). The molecule has 104 valence electrons. The van der Waals surface area contributed by atoms with Gasteiger partial charge in [-0.1, -0.05) is 0 Å². The zero-order valence-corrected chi connectivity index (χ0v) is 11.4. The van der Waals surface area contributed by atoms with Crippen LogP contribution in [-0.2, 0) is 0 Å². The third-order valence-corrected chi connectivity index (χ3v) is 3.98. The normalized spacial score (nSPS) is 24.2. The molecule has 3 heterocycles. The largest absolute Gasteiger partial charge is 0.366 e. The van der Waals surface area contributed by atoms with Crippen LogP contribution in [0.25, 0.3) is 0 Å². The van der Waals surface area contributed by atoms with Crippen molar-refractivity contribution in [2.24, 2.45) is 0 Å². The summed E-state index contributed by atoms with van der Waals surface area (Å²) in [5.74, 6) is 2.03. The van der Waals surface area contributed by atoms with Gasteiger partial charge in [0, 0.05) is 31.7 Å². The monoisotopic (exact) mass is 261 g/mol. The van der Waals surface area contributed by atoms with E-state index in [9.17, 15) is 0 Å². The van der Waals surface area contributed by atoms with E-state index in [0.29, 0.717) is 6.04 Å². The van der Waals surface area contributed by atoms with Gasteiger partial charge in [0.15, 0.2) is 0 Å². The van der Waals surface area contributed by atoms with Crippen LogP contribution >= 0.6 is 0 Å². The zero-order valence-electron chi connectivity index (χ0n) is 11.4. The Hall–Kier alpha value is -1.36. The van der Waals surface area contributed by atoms with Crippen LogP contribution in [-0.4, -0.2) is 42.2 Å². The second-order valence-corrected chi connectivity index (χ2v) is 5.50. The minimum absolute atomic E-state index is 0.498. The molecule has 0 radical (unpaired) electrons. The van der Waals surface area contributed by atoms with Gasteiger partial charge in [-0.2, -0.15) is 0 Å². The van der Waals surface area contributed by atoms with E-state index in [1.54, 1.807) is 6.33 Å². The van der Waals surface area contributed by atoms with Crippen molar-refractivity contribution >= 4 is 11.6 Å². The lowest BCUT2D eigenvalue weighted by molar-refractivity contribution is 0.479. The highest BCUT2D eigenvalue weighted by molar-refractivity contribution is 5.49. The van der Waals surface area contributed by atoms with E-state index < -0.39 is 0 Å². The summed E-state index contributed by atoms with van der Waals surface area (Å²) >= 11 is 0. The molecule has 0 saturated carbocycles. The van der Waals surface area contributed by atoms with Gasteiger partial charge in [-0.3, -0.25) is 0 Å². The number of aromatic nitrogens is 2. The molecule has 5 nitrogen and oxygen atoms in total. The highest BCUT2D eigenvalue weighted by atomic mass is 15.2. The number of rotatable bonds is 3. The molecule has 2 aliphatic rings. The molecule has 0 amide bonds. The Bertz CT molecular complexity index is 397. The highest BCUT2D eigenvalue weighted by Gasteiger charge is 2.15. The van der Waals surface area contributed by atoms with Gasteiger partial charge >= 0.3 is 0 Å². The average Bonchev–Trinajstić information content (AvgIpc) is 2.49. The SMILES string of the molecule is c1nc(NC2CCCNC2)cc(N2CCCCC2)n1. The molecule has 1 aromatic heterocycles. The third kappa shape index (κ3) is 3.35. The van der Waals surface area contributed by atoms with Gasteiger partial charge in [0.2, 0.25) is 0 Å². The van der Waals surface area contributed by atoms with Crippen molar-refractivity contribution in [3.8, 4) is 0 Å². The molecule has 19 heavy (non-hydrogen) atoms. The molecule has 2 saturated heterocycles. The second kappa shape index (κ2) is 6.19. The Balaban J connectivity index is 1.64. The van der Waals surface area contributed by atoms with E-state index in [-0.39, 0.29) is 0 Å². The maximum atomic E-state index is 4.42. The Morgan fingerprint density at radius 1 is 1.16 bits per heavy atom. The van der Waals surface area contributed by atoms with Gasteiger partial charge in [-0.05, 0) is 38.6 Å². The number of anilines is 2. The fourth-order valence-corrected chi connectivity index (χ4v) is 2.91. The first-order valence-electron chi connectivity index (χ1n) is 7.46. The Morgan fingerprint density at radius 2 is 2.05 bits per heavy atom. The Morgan fingerprint density at radius 3 is 2.84 bits per heavy atom. The van der Waals surface area contributed by atoms with Gasteiger partial charge in [0.05, 0.1) is 0 Å². The van der Waals surface area contributed by atoms with Gasteiger partial charge < -0.3 is 15.5 Å². The molecular weight excluding hydrogens is 238 g/mol. The molecule has 0 aromatic carbocycles. The van der Waals surface area contributed by atoms with Crippen LogP contribution in [0.2, 0.25) is 0 Å². The van der Waals surface area contributed by atoms with Crippen molar-refractivity contribution in [3.63, 3.8) is 0 Å². The second-order valence-electron chi connectivity index (χ2n) is 5.50. The number of nitrogens with one attached hydrogen (secondary N) is 2. The Labute approximate surface area is 114 Å². The number of hydrogen-bond acceptors (Lipinski definition) is 5. The molecule has 1 atom stereocenters. The van der Waals surface area contributed by atoms with Gasteiger partial charge in [-0.15, -0.1) is 0 Å². The minimum Gasteiger partial charge on any atom is -0.366 e. The van der Waals surface area contributed by atoms with Gasteiger partial charge in [-0.25, -0.2) is 9.97 Å². The molecule has 3 rings (SSSR count). The van der Waals surface area contributed by atoms with E-state index in [0.717, 1.165) is 37.8 Å². The predicted molar refractivity (Wildman–Crippen MR) is 77.6 cm³/mol. The first-order valence-corrected chi connectivity index (χ1v) is 7.46. The predicted octanol–water partition coefficient (Wildman–Crippen LogP) is 1.63. The Kier molecular flexibility index (Phi) is 4.13. The summed E-state index contributed by atoms with van der Waals surface area (Å²) in [4.78, 5) is 11.1. The van der Waals surface area contributed by atoms with Crippen LogP contribution < -0.4 is 15.5 Å². The van der Waals surface area contributed by atoms with Gasteiger partial charge in [0.1, 0.15) is 18.0 Å². The summed E-state index contributed by atoms with van der Waals surface area (Å²) in [5, 5.41) is 6.94. The topological polar surface area (TPSA) is 53.1 Å². The lowest BCUT2D eigenvalue weighted by atomic mass is 10.1. The third-order valence-electron chi connectivity index (χ3n) is 3.98. The quantitative estimate of drug-likeness (QED) is 0.866. The molecule has 1 aromatic rings. The lowest BCUT2D eigenvalue weighted by Gasteiger charge is -2.28. The summed E-state index contributed by atoms with van der Waals surface area (Å²) in [6.45, 7) is 4.42. The van der Waals surface area contributed by atoms with Crippen LogP contribution in [0.1, 0.15) is 32.1 Å². The summed E-state index contributed by atoms with van der Waals surface area (Å²) < 4.78 is 0. The molecule has 0 bridgehead atoms. The maximum absolute atomic E-state index is 4.42. The average molecular weight is 261 g/mol. The highest BCUT2D eigenvalue weighted by Crippen LogP contribution is 2.20. The fraction of sp³-hybridized carbons (Fsp3) is 0.714. The molecule has 0 aliphatic carbocycles. The summed E-state index contributed by atoms with van der Waals surface area (Å²) in [6.07, 6.45) is 8.04.